The fraction of sp³-hybridized carbons (Fsp3) is 0.889. The van der Waals surface area contributed by atoms with Crippen molar-refractivity contribution in [3.8, 4) is 0 Å². The van der Waals surface area contributed by atoms with Crippen LogP contribution in [0.3, 0.4) is 0 Å². The summed E-state index contributed by atoms with van der Waals surface area (Å²) in [6.07, 6.45) is 3.19. The third kappa shape index (κ3) is 4.62. The Labute approximate surface area is 82.1 Å². The quantitative estimate of drug-likeness (QED) is 0.679. The molecule has 13 heavy (non-hydrogen) atoms. The number of nitrogens with zero attached hydrogens (tertiary/aromatic N) is 1. The van der Waals surface area contributed by atoms with Crippen LogP contribution in [0.25, 0.3) is 0 Å². The summed E-state index contributed by atoms with van der Waals surface area (Å²) in [5.41, 5.74) is 0. The molecule has 77 valence electrons. The SMILES string of the molecule is [CH2]C1CCCN(CCC[SH](=O)=O)C1. The van der Waals surface area contributed by atoms with Gasteiger partial charge in [-0.05, 0) is 45.2 Å². The van der Waals surface area contributed by atoms with Crippen molar-refractivity contribution in [2.75, 3.05) is 25.4 Å². The van der Waals surface area contributed by atoms with Gasteiger partial charge in [0.05, 0.1) is 0 Å². The average Bonchev–Trinajstić information content (AvgIpc) is 2.03. The Bertz CT molecular complexity index is 208. The molecule has 1 aliphatic rings. The number of thiol groups is 1. The minimum absolute atomic E-state index is 0.327. The van der Waals surface area contributed by atoms with Crippen molar-refractivity contribution in [1.82, 2.24) is 4.90 Å². The van der Waals surface area contributed by atoms with E-state index >= 15 is 0 Å². The van der Waals surface area contributed by atoms with Crippen LogP contribution in [-0.2, 0) is 10.7 Å². The van der Waals surface area contributed by atoms with E-state index < -0.39 is 10.7 Å². The lowest BCUT2D eigenvalue weighted by molar-refractivity contribution is 0.196. The van der Waals surface area contributed by atoms with Crippen molar-refractivity contribution in [3.05, 3.63) is 6.92 Å². The molecule has 0 spiro atoms. The van der Waals surface area contributed by atoms with Crippen molar-refractivity contribution >= 4 is 10.7 Å². The molecule has 1 aliphatic heterocycles. The molecule has 1 fully saturated rings. The van der Waals surface area contributed by atoms with Crippen LogP contribution in [0.1, 0.15) is 19.3 Å². The summed E-state index contributed by atoms with van der Waals surface area (Å²) in [5, 5.41) is 0. The molecule has 0 N–H and O–H groups in total. The zero-order valence-electron chi connectivity index (χ0n) is 7.95. The maximum Gasteiger partial charge on any atom is 0.140 e. The molecule has 1 saturated heterocycles. The Kier molecular flexibility index (Phi) is 4.73. The van der Waals surface area contributed by atoms with Gasteiger partial charge in [-0.2, -0.15) is 0 Å². The summed E-state index contributed by atoms with van der Waals surface area (Å²) in [6.45, 7) is 7.09. The van der Waals surface area contributed by atoms with Gasteiger partial charge in [-0.25, -0.2) is 8.42 Å². The lowest BCUT2D eigenvalue weighted by Crippen LogP contribution is -2.35. The van der Waals surface area contributed by atoms with E-state index in [1.54, 1.807) is 0 Å². The fourth-order valence-electron chi connectivity index (χ4n) is 1.78. The first-order valence-corrected chi connectivity index (χ1v) is 6.22. The van der Waals surface area contributed by atoms with Gasteiger partial charge in [0.25, 0.3) is 0 Å². The number of piperidine rings is 1. The van der Waals surface area contributed by atoms with Crippen molar-refractivity contribution in [2.24, 2.45) is 5.92 Å². The second kappa shape index (κ2) is 5.60. The van der Waals surface area contributed by atoms with Crippen LogP contribution in [0, 0.1) is 12.8 Å². The highest BCUT2D eigenvalue weighted by atomic mass is 32.2. The highest BCUT2D eigenvalue weighted by Gasteiger charge is 2.15. The Morgan fingerprint density at radius 1 is 1.46 bits per heavy atom. The van der Waals surface area contributed by atoms with E-state index in [4.69, 9.17) is 0 Å². The molecule has 4 heteroatoms. The van der Waals surface area contributed by atoms with Gasteiger partial charge in [0, 0.05) is 12.3 Å². The monoisotopic (exact) mass is 204 g/mol. The topological polar surface area (TPSA) is 37.4 Å². The molecule has 0 aliphatic carbocycles. The van der Waals surface area contributed by atoms with Crippen molar-refractivity contribution < 1.29 is 8.42 Å². The van der Waals surface area contributed by atoms with Gasteiger partial charge in [0.1, 0.15) is 10.7 Å². The van der Waals surface area contributed by atoms with Crippen LogP contribution < -0.4 is 0 Å². The average molecular weight is 204 g/mol. The van der Waals surface area contributed by atoms with E-state index in [1.165, 1.54) is 12.8 Å². The molecule has 1 unspecified atom stereocenters. The van der Waals surface area contributed by atoms with Crippen LogP contribution >= 0.6 is 0 Å². The van der Waals surface area contributed by atoms with Gasteiger partial charge in [-0.1, -0.05) is 0 Å². The largest absolute Gasteiger partial charge is 0.303 e. The van der Waals surface area contributed by atoms with E-state index in [2.05, 4.69) is 11.8 Å². The zero-order valence-corrected chi connectivity index (χ0v) is 8.84. The van der Waals surface area contributed by atoms with Crippen LogP contribution in [0.4, 0.5) is 0 Å². The van der Waals surface area contributed by atoms with Gasteiger partial charge in [0.15, 0.2) is 0 Å². The van der Waals surface area contributed by atoms with Gasteiger partial charge >= 0.3 is 0 Å². The third-order valence-electron chi connectivity index (χ3n) is 2.42. The van der Waals surface area contributed by atoms with Gasteiger partial charge < -0.3 is 4.90 Å². The Morgan fingerprint density at radius 3 is 2.85 bits per heavy atom. The van der Waals surface area contributed by atoms with E-state index in [0.29, 0.717) is 11.7 Å². The first kappa shape index (κ1) is 11.0. The summed E-state index contributed by atoms with van der Waals surface area (Å²) >= 11 is 0. The van der Waals surface area contributed by atoms with Crippen molar-refractivity contribution in [2.45, 2.75) is 19.3 Å². The fourth-order valence-corrected chi connectivity index (χ4v) is 2.18. The minimum atomic E-state index is -2.18. The smallest absolute Gasteiger partial charge is 0.140 e. The van der Waals surface area contributed by atoms with Crippen LogP contribution in [0.15, 0.2) is 0 Å². The summed E-state index contributed by atoms with van der Waals surface area (Å²) in [5.74, 6) is 0.864. The predicted molar refractivity (Wildman–Crippen MR) is 54.3 cm³/mol. The van der Waals surface area contributed by atoms with E-state index in [0.717, 1.165) is 26.1 Å². The molecular weight excluding hydrogens is 186 g/mol. The van der Waals surface area contributed by atoms with Gasteiger partial charge in [0.2, 0.25) is 0 Å². The van der Waals surface area contributed by atoms with Crippen molar-refractivity contribution in [1.29, 1.82) is 0 Å². The van der Waals surface area contributed by atoms with Gasteiger partial charge in [-0.15, -0.1) is 0 Å². The second-order valence-electron chi connectivity index (χ2n) is 3.72. The lowest BCUT2D eigenvalue weighted by atomic mass is 10.0. The molecule has 0 aromatic heterocycles. The normalized spacial score (nSPS) is 25.2. The standard InChI is InChI=1S/C9H18NO2S/c1-9-4-2-5-10(8-9)6-3-7-13(11)12/h9,13H,1-8H2. The molecule has 1 atom stereocenters. The molecule has 3 nitrogen and oxygen atoms in total. The van der Waals surface area contributed by atoms with E-state index in [-0.39, 0.29) is 0 Å². The Hall–Kier alpha value is -0.0900. The number of hydrogen-bond acceptors (Lipinski definition) is 3. The Balaban J connectivity index is 2.13. The highest BCUT2D eigenvalue weighted by molar-refractivity contribution is 7.72. The summed E-state index contributed by atoms with van der Waals surface area (Å²) in [6, 6.07) is 0. The molecule has 1 heterocycles. The maximum absolute atomic E-state index is 10.3. The molecule has 0 aromatic carbocycles. The first-order chi connectivity index (χ1) is 6.18. The molecule has 1 rings (SSSR count). The van der Waals surface area contributed by atoms with Crippen LogP contribution in [0.5, 0.6) is 0 Å². The molecule has 0 bridgehead atoms. The van der Waals surface area contributed by atoms with Crippen LogP contribution in [0.2, 0.25) is 0 Å². The molecule has 1 radical (unpaired) electrons. The molecular formula is C9H18NO2S. The number of rotatable bonds is 4. The third-order valence-corrected chi connectivity index (χ3v) is 3.10. The highest BCUT2D eigenvalue weighted by Crippen LogP contribution is 2.14. The summed E-state index contributed by atoms with van der Waals surface area (Å²) in [7, 11) is -2.18. The first-order valence-electron chi connectivity index (χ1n) is 4.85. The van der Waals surface area contributed by atoms with Crippen molar-refractivity contribution in [3.63, 3.8) is 0 Å². The molecule has 0 saturated carbocycles. The van der Waals surface area contributed by atoms with E-state index in [1.807, 2.05) is 0 Å². The second-order valence-corrected chi connectivity index (χ2v) is 4.83. The maximum atomic E-state index is 10.3. The Morgan fingerprint density at radius 2 is 2.23 bits per heavy atom. The molecule has 0 aromatic rings. The number of likely N-dealkylation sites (tertiary alicyclic amines) is 1. The lowest BCUT2D eigenvalue weighted by Gasteiger charge is -2.30. The predicted octanol–water partition coefficient (Wildman–Crippen LogP) is 0.534. The zero-order chi connectivity index (χ0) is 9.68. The van der Waals surface area contributed by atoms with Gasteiger partial charge in [-0.3, -0.25) is 0 Å². The van der Waals surface area contributed by atoms with E-state index in [9.17, 15) is 8.42 Å². The minimum Gasteiger partial charge on any atom is -0.303 e. The summed E-state index contributed by atoms with van der Waals surface area (Å²) < 4.78 is 20.6. The van der Waals surface area contributed by atoms with Crippen LogP contribution in [-0.4, -0.2) is 38.7 Å². The molecule has 0 amide bonds. The number of hydrogen-bond donors (Lipinski definition) is 1. The summed E-state index contributed by atoms with van der Waals surface area (Å²) in [4.78, 5) is 2.32.